The Morgan fingerprint density at radius 1 is 1.23 bits per heavy atom. The van der Waals surface area contributed by atoms with E-state index in [1.807, 2.05) is 45.9 Å². The molecule has 0 saturated carbocycles. The van der Waals surface area contributed by atoms with E-state index in [0.29, 0.717) is 19.4 Å². The summed E-state index contributed by atoms with van der Waals surface area (Å²) in [6.07, 6.45) is -0.635. The molecule has 0 spiro atoms. The van der Waals surface area contributed by atoms with Crippen molar-refractivity contribution in [2.24, 2.45) is 0 Å². The minimum atomic E-state index is -1.25. The second-order valence-corrected chi connectivity index (χ2v) is 9.79. The number of hydrogen-bond donors (Lipinski definition) is 2. The molecule has 7 nitrogen and oxygen atoms in total. The predicted octanol–water partition coefficient (Wildman–Crippen LogP) is 2.22. The number of hydrogen-bond acceptors (Lipinski definition) is 4. The molecule has 2 aliphatic heterocycles. The van der Waals surface area contributed by atoms with Crippen molar-refractivity contribution in [1.29, 1.82) is 0 Å². The van der Waals surface area contributed by atoms with Gasteiger partial charge in [-0.1, -0.05) is 18.2 Å². The van der Waals surface area contributed by atoms with E-state index in [0.717, 1.165) is 23.0 Å². The first-order valence-electron chi connectivity index (χ1n) is 10.9. The third-order valence-corrected chi connectivity index (χ3v) is 7.21. The Bertz CT molecular complexity index is 877. The third kappa shape index (κ3) is 4.05. The number of carboxylic acid groups (broad SMARTS) is 1. The van der Waals surface area contributed by atoms with Crippen molar-refractivity contribution in [3.8, 4) is 0 Å². The van der Waals surface area contributed by atoms with Gasteiger partial charge >= 0.3 is 13.2 Å². The number of benzene rings is 1. The first-order chi connectivity index (χ1) is 14.5. The fourth-order valence-corrected chi connectivity index (χ4v) is 4.72. The number of nitrogens with zero attached hydrogens (tertiary/aromatic N) is 1. The normalized spacial score (nSPS) is 27.3. The smallest absolute Gasteiger partial charge is 0.465 e. The third-order valence-electron chi connectivity index (χ3n) is 7.21. The summed E-state index contributed by atoms with van der Waals surface area (Å²) in [6, 6.07) is 4.98. The standard InChI is InChI=1S/C22H30BFN2O5/c1-21(2)22(3,4)31-23(30-21)14-6-8-16-13(11-14)5-7-17(16)18(25-20(28)29)19(27)26-10-9-15(24)12-26/h6,8,11,15,17-18,25H,5,7,9-10,12H2,1-4H3,(H,28,29)/t15-,17-,18-/m0/s1. The van der Waals surface area contributed by atoms with Crippen LogP contribution >= 0.6 is 0 Å². The van der Waals surface area contributed by atoms with Crippen LogP contribution in [0, 0.1) is 0 Å². The lowest BCUT2D eigenvalue weighted by atomic mass is 9.77. The Labute approximate surface area is 182 Å². The average Bonchev–Trinajstić information content (AvgIpc) is 3.35. The molecule has 0 unspecified atom stereocenters. The SMILES string of the molecule is CC1(C)OB(c2ccc3c(c2)CC[C@@H]3[C@H](NC(=O)O)C(=O)N2CC[C@H](F)C2)OC1(C)C. The maximum Gasteiger partial charge on any atom is 0.494 e. The largest absolute Gasteiger partial charge is 0.494 e. The molecule has 1 aromatic rings. The highest BCUT2D eigenvalue weighted by atomic mass is 19.1. The van der Waals surface area contributed by atoms with Gasteiger partial charge in [0.25, 0.3) is 0 Å². The first kappa shape index (κ1) is 22.1. The molecule has 31 heavy (non-hydrogen) atoms. The number of rotatable bonds is 4. The van der Waals surface area contributed by atoms with Gasteiger partial charge in [0.15, 0.2) is 0 Å². The number of likely N-dealkylation sites (tertiary alicyclic amines) is 1. The molecule has 1 aliphatic carbocycles. The zero-order chi connectivity index (χ0) is 22.6. The van der Waals surface area contributed by atoms with Crippen molar-refractivity contribution in [2.75, 3.05) is 13.1 Å². The van der Waals surface area contributed by atoms with Crippen LogP contribution in [0.3, 0.4) is 0 Å². The van der Waals surface area contributed by atoms with Crippen LogP contribution in [-0.4, -0.2) is 65.6 Å². The van der Waals surface area contributed by atoms with E-state index in [1.165, 1.54) is 4.90 Å². The zero-order valence-corrected chi connectivity index (χ0v) is 18.5. The van der Waals surface area contributed by atoms with Gasteiger partial charge in [0.2, 0.25) is 5.91 Å². The molecule has 4 rings (SSSR count). The fourth-order valence-electron chi connectivity index (χ4n) is 4.72. The molecule has 2 saturated heterocycles. The van der Waals surface area contributed by atoms with Gasteiger partial charge in [-0.2, -0.15) is 0 Å². The number of amides is 2. The number of halogens is 1. The van der Waals surface area contributed by atoms with Gasteiger partial charge in [0, 0.05) is 12.5 Å². The average molecular weight is 432 g/mol. The van der Waals surface area contributed by atoms with Crippen molar-refractivity contribution in [1.82, 2.24) is 10.2 Å². The molecule has 3 aliphatic rings. The van der Waals surface area contributed by atoms with Crippen LogP contribution in [0.2, 0.25) is 0 Å². The maximum absolute atomic E-state index is 13.6. The van der Waals surface area contributed by atoms with Crippen LogP contribution < -0.4 is 10.8 Å². The summed E-state index contributed by atoms with van der Waals surface area (Å²) in [5.41, 5.74) is 2.04. The second kappa shape index (κ2) is 7.78. The highest BCUT2D eigenvalue weighted by Gasteiger charge is 2.52. The number of carbonyl (C=O) groups is 2. The maximum atomic E-state index is 13.6. The van der Waals surface area contributed by atoms with Gasteiger partial charge < -0.3 is 24.6 Å². The van der Waals surface area contributed by atoms with Crippen LogP contribution in [0.5, 0.6) is 0 Å². The molecule has 2 fully saturated rings. The molecule has 2 amide bonds. The molecule has 168 valence electrons. The second-order valence-electron chi connectivity index (χ2n) is 9.79. The molecule has 0 aromatic heterocycles. The lowest BCUT2D eigenvalue weighted by molar-refractivity contribution is -0.133. The minimum Gasteiger partial charge on any atom is -0.465 e. The van der Waals surface area contributed by atoms with E-state index in [4.69, 9.17) is 9.31 Å². The van der Waals surface area contributed by atoms with Gasteiger partial charge in [0.1, 0.15) is 12.2 Å². The number of carbonyl (C=O) groups excluding carboxylic acids is 1. The molecule has 3 atom stereocenters. The van der Waals surface area contributed by atoms with E-state index in [2.05, 4.69) is 5.32 Å². The van der Waals surface area contributed by atoms with Crippen molar-refractivity contribution in [3.63, 3.8) is 0 Å². The van der Waals surface area contributed by atoms with E-state index in [-0.39, 0.29) is 18.4 Å². The zero-order valence-electron chi connectivity index (χ0n) is 18.5. The van der Waals surface area contributed by atoms with E-state index in [1.54, 1.807) is 0 Å². The van der Waals surface area contributed by atoms with Crippen molar-refractivity contribution < 1.29 is 28.4 Å². The van der Waals surface area contributed by atoms with Crippen LogP contribution in [0.15, 0.2) is 18.2 Å². The fraction of sp³-hybridized carbons (Fsp3) is 0.636. The number of alkyl halides is 1. The molecular weight excluding hydrogens is 402 g/mol. The summed E-state index contributed by atoms with van der Waals surface area (Å²) < 4.78 is 25.9. The van der Waals surface area contributed by atoms with Crippen LogP contribution in [0.1, 0.15) is 57.6 Å². The highest BCUT2D eigenvalue weighted by molar-refractivity contribution is 6.62. The lowest BCUT2D eigenvalue weighted by Crippen LogP contribution is -2.50. The Kier molecular flexibility index (Phi) is 5.54. The van der Waals surface area contributed by atoms with Crippen LogP contribution in [0.25, 0.3) is 0 Å². The topological polar surface area (TPSA) is 88.1 Å². The molecule has 2 N–H and O–H groups in total. The summed E-state index contributed by atoms with van der Waals surface area (Å²) >= 11 is 0. The van der Waals surface area contributed by atoms with Gasteiger partial charge in [-0.15, -0.1) is 0 Å². The van der Waals surface area contributed by atoms with Crippen molar-refractivity contribution in [2.45, 2.75) is 76.3 Å². The quantitative estimate of drug-likeness (QED) is 0.713. The summed E-state index contributed by atoms with van der Waals surface area (Å²) in [5.74, 6) is -0.639. The van der Waals surface area contributed by atoms with Gasteiger partial charge in [-0.25, -0.2) is 9.18 Å². The van der Waals surface area contributed by atoms with Crippen LogP contribution in [-0.2, 0) is 20.5 Å². The van der Waals surface area contributed by atoms with E-state index < -0.39 is 36.6 Å². The number of fused-ring (bicyclic) bond motifs is 1. The van der Waals surface area contributed by atoms with E-state index >= 15 is 0 Å². The molecule has 0 radical (unpaired) electrons. The number of nitrogens with one attached hydrogen (secondary N) is 1. The Morgan fingerprint density at radius 3 is 2.48 bits per heavy atom. The van der Waals surface area contributed by atoms with Crippen molar-refractivity contribution >= 4 is 24.6 Å². The van der Waals surface area contributed by atoms with E-state index in [9.17, 15) is 19.1 Å². The van der Waals surface area contributed by atoms with Gasteiger partial charge in [0.05, 0.1) is 17.7 Å². The Morgan fingerprint density at radius 2 is 1.90 bits per heavy atom. The van der Waals surface area contributed by atoms with Crippen LogP contribution in [0.4, 0.5) is 9.18 Å². The summed E-state index contributed by atoms with van der Waals surface area (Å²) in [5, 5.41) is 11.7. The summed E-state index contributed by atoms with van der Waals surface area (Å²) in [6.45, 7) is 8.36. The summed E-state index contributed by atoms with van der Waals surface area (Å²) in [4.78, 5) is 25.9. The summed E-state index contributed by atoms with van der Waals surface area (Å²) in [7, 11) is -0.477. The first-order valence-corrected chi connectivity index (χ1v) is 10.9. The molecule has 9 heteroatoms. The molecule has 1 aromatic carbocycles. The Balaban J connectivity index is 1.57. The lowest BCUT2D eigenvalue weighted by Gasteiger charge is -2.32. The monoisotopic (exact) mass is 432 g/mol. The molecule has 0 bridgehead atoms. The minimum absolute atomic E-state index is 0.0249. The predicted molar refractivity (Wildman–Crippen MR) is 114 cm³/mol. The highest BCUT2D eigenvalue weighted by Crippen LogP contribution is 2.39. The molecule has 2 heterocycles. The number of aryl methyl sites for hydroxylation is 1. The molecular formula is C22H30BFN2O5. The van der Waals surface area contributed by atoms with Gasteiger partial charge in [-0.05, 0) is 63.5 Å². The van der Waals surface area contributed by atoms with Crippen molar-refractivity contribution in [3.05, 3.63) is 29.3 Å². The van der Waals surface area contributed by atoms with Gasteiger partial charge in [-0.3, -0.25) is 4.79 Å². The Hall–Kier alpha value is -2.13.